The number of benzene rings is 1. The first-order valence-corrected chi connectivity index (χ1v) is 4.75. The molecule has 0 aliphatic heterocycles. The summed E-state index contributed by atoms with van der Waals surface area (Å²) in [5.74, 6) is -0.176. The summed E-state index contributed by atoms with van der Waals surface area (Å²) < 4.78 is 0. The predicted molar refractivity (Wildman–Crippen MR) is 64.2 cm³/mol. The molecule has 0 spiro atoms. The van der Waals surface area contributed by atoms with Crippen LogP contribution in [0, 0.1) is 0 Å². The second kappa shape index (κ2) is 6.67. The average Bonchev–Trinajstić information content (AvgIpc) is 2.16. The second-order valence-electron chi connectivity index (χ2n) is 3.10. The largest absolute Gasteiger partial charge is 0.351 e. The molecule has 0 fully saturated rings. The van der Waals surface area contributed by atoms with Crippen molar-refractivity contribution in [2.24, 2.45) is 5.73 Å². The Labute approximate surface area is 100 Å². The van der Waals surface area contributed by atoms with Crippen molar-refractivity contribution in [3.05, 3.63) is 34.9 Å². The van der Waals surface area contributed by atoms with E-state index >= 15 is 0 Å². The Morgan fingerprint density at radius 1 is 1.53 bits per heavy atom. The van der Waals surface area contributed by atoms with Crippen LogP contribution in [0.5, 0.6) is 0 Å². The highest BCUT2D eigenvalue weighted by Crippen LogP contribution is 2.14. The third-order valence-corrected chi connectivity index (χ3v) is 2.19. The topological polar surface area (TPSA) is 55.1 Å². The van der Waals surface area contributed by atoms with Gasteiger partial charge in [0.1, 0.15) is 0 Å². The molecule has 1 rings (SSSR count). The first kappa shape index (κ1) is 14.2. The van der Waals surface area contributed by atoms with Crippen LogP contribution < -0.4 is 11.1 Å². The second-order valence-corrected chi connectivity index (χ2v) is 3.51. The van der Waals surface area contributed by atoms with Crippen LogP contribution in [0.1, 0.15) is 12.5 Å². The first-order chi connectivity index (χ1) is 6.61. The molecule has 1 aromatic carbocycles. The molecule has 0 radical (unpaired) electrons. The molecular weight excluding hydrogens is 235 g/mol. The van der Waals surface area contributed by atoms with Crippen LogP contribution in [0.4, 0.5) is 0 Å². The number of carbonyl (C=O) groups is 1. The summed E-state index contributed by atoms with van der Waals surface area (Å²) in [5.41, 5.74) is 6.28. The highest BCUT2D eigenvalue weighted by atomic mass is 35.5. The summed E-state index contributed by atoms with van der Waals surface area (Å²) in [6.45, 7) is 2.06. The minimum Gasteiger partial charge on any atom is -0.351 e. The maximum Gasteiger partial charge on any atom is 0.236 e. The van der Waals surface area contributed by atoms with E-state index in [0.29, 0.717) is 11.6 Å². The molecule has 0 heterocycles. The van der Waals surface area contributed by atoms with Crippen molar-refractivity contribution in [3.63, 3.8) is 0 Å². The van der Waals surface area contributed by atoms with Gasteiger partial charge in [0.05, 0.1) is 6.04 Å². The van der Waals surface area contributed by atoms with Crippen LogP contribution in [-0.4, -0.2) is 11.9 Å². The molecule has 0 bridgehead atoms. The molecular formula is C10H14Cl2N2O. The highest BCUT2D eigenvalue weighted by Gasteiger charge is 2.06. The van der Waals surface area contributed by atoms with Crippen LogP contribution in [0.2, 0.25) is 5.02 Å². The Balaban J connectivity index is 0.00000196. The number of nitrogens with two attached hydrogens (primary N) is 1. The SMILES string of the molecule is CC(N)C(=O)NCc1ccccc1Cl.Cl. The standard InChI is InChI=1S/C10H13ClN2O.ClH/c1-7(12)10(14)13-6-8-4-2-3-5-9(8)11;/h2-5,7H,6,12H2,1H3,(H,13,14);1H. The lowest BCUT2D eigenvalue weighted by Gasteiger charge is -2.08. The van der Waals surface area contributed by atoms with Gasteiger partial charge in [-0.1, -0.05) is 29.8 Å². The van der Waals surface area contributed by atoms with E-state index in [2.05, 4.69) is 5.32 Å². The minimum absolute atomic E-state index is 0. The van der Waals surface area contributed by atoms with Crippen molar-refractivity contribution in [1.29, 1.82) is 0 Å². The summed E-state index contributed by atoms with van der Waals surface area (Å²) in [4.78, 5) is 11.1. The monoisotopic (exact) mass is 248 g/mol. The Hall–Kier alpha value is -0.770. The third-order valence-electron chi connectivity index (χ3n) is 1.82. The van der Waals surface area contributed by atoms with E-state index in [4.69, 9.17) is 17.3 Å². The van der Waals surface area contributed by atoms with Gasteiger partial charge in [0.25, 0.3) is 0 Å². The van der Waals surface area contributed by atoms with Crippen LogP contribution in [0.15, 0.2) is 24.3 Å². The van der Waals surface area contributed by atoms with Crippen molar-refractivity contribution in [2.75, 3.05) is 0 Å². The molecule has 3 N–H and O–H groups in total. The molecule has 0 aliphatic rings. The van der Waals surface area contributed by atoms with Gasteiger partial charge in [-0.3, -0.25) is 4.79 Å². The van der Waals surface area contributed by atoms with Gasteiger partial charge in [0.15, 0.2) is 0 Å². The van der Waals surface area contributed by atoms with Gasteiger partial charge in [-0.2, -0.15) is 0 Å². The number of carbonyl (C=O) groups excluding carboxylic acids is 1. The van der Waals surface area contributed by atoms with Gasteiger partial charge in [0, 0.05) is 11.6 Å². The lowest BCUT2D eigenvalue weighted by Crippen LogP contribution is -2.37. The van der Waals surface area contributed by atoms with Crippen LogP contribution in [0.3, 0.4) is 0 Å². The van der Waals surface area contributed by atoms with Crippen molar-refractivity contribution >= 4 is 29.9 Å². The number of hydrogen-bond acceptors (Lipinski definition) is 2. The fourth-order valence-corrected chi connectivity index (χ4v) is 1.19. The number of rotatable bonds is 3. The Kier molecular flexibility index (Phi) is 6.32. The number of amides is 1. The zero-order chi connectivity index (χ0) is 10.6. The van der Waals surface area contributed by atoms with E-state index in [1.165, 1.54) is 0 Å². The molecule has 3 nitrogen and oxygen atoms in total. The van der Waals surface area contributed by atoms with Gasteiger partial charge >= 0.3 is 0 Å². The molecule has 5 heteroatoms. The summed E-state index contributed by atoms with van der Waals surface area (Å²) in [5, 5.41) is 3.34. The Morgan fingerprint density at radius 3 is 2.67 bits per heavy atom. The summed E-state index contributed by atoms with van der Waals surface area (Å²) in [6.07, 6.45) is 0. The summed E-state index contributed by atoms with van der Waals surface area (Å²) >= 11 is 5.90. The smallest absolute Gasteiger partial charge is 0.236 e. The van der Waals surface area contributed by atoms with Crippen LogP contribution in [0.25, 0.3) is 0 Å². The Morgan fingerprint density at radius 2 is 2.13 bits per heavy atom. The molecule has 1 atom stereocenters. The minimum atomic E-state index is -0.488. The maximum atomic E-state index is 11.1. The lowest BCUT2D eigenvalue weighted by molar-refractivity contribution is -0.122. The van der Waals surface area contributed by atoms with E-state index in [0.717, 1.165) is 5.56 Å². The third kappa shape index (κ3) is 4.51. The molecule has 0 aliphatic carbocycles. The van der Waals surface area contributed by atoms with Crippen molar-refractivity contribution in [3.8, 4) is 0 Å². The highest BCUT2D eigenvalue weighted by molar-refractivity contribution is 6.31. The van der Waals surface area contributed by atoms with Gasteiger partial charge in [-0.15, -0.1) is 12.4 Å². The molecule has 1 aromatic rings. The van der Waals surface area contributed by atoms with Crippen molar-refractivity contribution in [2.45, 2.75) is 19.5 Å². The van der Waals surface area contributed by atoms with Crippen LogP contribution in [-0.2, 0) is 11.3 Å². The first-order valence-electron chi connectivity index (χ1n) is 4.38. The van der Waals surface area contributed by atoms with Gasteiger partial charge in [-0.25, -0.2) is 0 Å². The zero-order valence-electron chi connectivity index (χ0n) is 8.37. The lowest BCUT2D eigenvalue weighted by atomic mass is 10.2. The molecule has 15 heavy (non-hydrogen) atoms. The predicted octanol–water partition coefficient (Wildman–Crippen LogP) is 1.73. The Bertz CT molecular complexity index is 329. The molecule has 0 aromatic heterocycles. The fourth-order valence-electron chi connectivity index (χ4n) is 0.985. The van der Waals surface area contributed by atoms with Gasteiger partial charge in [-0.05, 0) is 18.6 Å². The molecule has 1 amide bonds. The van der Waals surface area contributed by atoms with E-state index in [-0.39, 0.29) is 18.3 Å². The quantitative estimate of drug-likeness (QED) is 0.857. The zero-order valence-corrected chi connectivity index (χ0v) is 9.94. The molecule has 0 saturated heterocycles. The number of hydrogen-bond donors (Lipinski definition) is 2. The van der Waals surface area contributed by atoms with Crippen molar-refractivity contribution < 1.29 is 4.79 Å². The van der Waals surface area contributed by atoms with E-state index in [1.807, 2.05) is 18.2 Å². The summed E-state index contributed by atoms with van der Waals surface area (Å²) in [7, 11) is 0. The molecule has 0 saturated carbocycles. The van der Waals surface area contributed by atoms with E-state index < -0.39 is 6.04 Å². The normalized spacial score (nSPS) is 11.4. The fraction of sp³-hybridized carbons (Fsp3) is 0.300. The summed E-state index contributed by atoms with van der Waals surface area (Å²) in [6, 6.07) is 6.88. The average molecular weight is 249 g/mol. The van der Waals surface area contributed by atoms with Gasteiger partial charge < -0.3 is 11.1 Å². The molecule has 84 valence electrons. The van der Waals surface area contributed by atoms with Crippen LogP contribution >= 0.6 is 24.0 Å². The van der Waals surface area contributed by atoms with E-state index in [9.17, 15) is 4.79 Å². The molecule has 1 unspecified atom stereocenters. The maximum absolute atomic E-state index is 11.1. The number of halogens is 2. The van der Waals surface area contributed by atoms with Crippen molar-refractivity contribution in [1.82, 2.24) is 5.32 Å². The van der Waals surface area contributed by atoms with Gasteiger partial charge in [0.2, 0.25) is 5.91 Å². The number of nitrogens with one attached hydrogen (secondary N) is 1. The van der Waals surface area contributed by atoms with E-state index in [1.54, 1.807) is 13.0 Å².